The van der Waals surface area contributed by atoms with Crippen LogP contribution in [-0.4, -0.2) is 60.9 Å². The normalized spacial score (nSPS) is 14.9. The van der Waals surface area contributed by atoms with Gasteiger partial charge in [0.05, 0.1) is 31.4 Å². The molecule has 0 bridgehead atoms. The van der Waals surface area contributed by atoms with Crippen LogP contribution in [0.4, 0.5) is 5.95 Å². The zero-order chi connectivity index (χ0) is 30.8. The second kappa shape index (κ2) is 12.1. The Labute approximate surface area is 252 Å². The monoisotopic (exact) mass is 592 g/mol. The van der Waals surface area contributed by atoms with Gasteiger partial charge < -0.3 is 15.4 Å². The molecule has 2 N–H and O–H groups in total. The molecule has 0 amide bonds. The fourth-order valence-electron chi connectivity index (χ4n) is 5.65. The van der Waals surface area contributed by atoms with Crippen molar-refractivity contribution in [3.05, 3.63) is 81.3 Å². The second-order valence-electron chi connectivity index (χ2n) is 10.7. The van der Waals surface area contributed by atoms with E-state index in [9.17, 15) is 14.4 Å². The van der Waals surface area contributed by atoms with Gasteiger partial charge in [0.2, 0.25) is 5.95 Å². The van der Waals surface area contributed by atoms with Gasteiger partial charge in [0.1, 0.15) is 12.4 Å². The van der Waals surface area contributed by atoms with E-state index in [4.69, 9.17) is 25.4 Å². The van der Waals surface area contributed by atoms with Gasteiger partial charge >= 0.3 is 11.7 Å². The first-order valence-electron chi connectivity index (χ1n) is 14.4. The SMILES string of the molecule is CC#CCn1c(N2CCCC(N)C2)nc2c1c(=O)n(Cc1nc(-c3ccccc3)c3ccccc3n1)c(=O)n2CC(=O)OC. The lowest BCUT2D eigenvalue weighted by Crippen LogP contribution is -2.44. The number of nitrogens with zero attached hydrogens (tertiary/aromatic N) is 7. The Hall–Kier alpha value is -5.28. The van der Waals surface area contributed by atoms with Crippen molar-refractivity contribution in [3.63, 3.8) is 0 Å². The highest BCUT2D eigenvalue weighted by Crippen LogP contribution is 2.26. The summed E-state index contributed by atoms with van der Waals surface area (Å²) in [4.78, 5) is 57.0. The van der Waals surface area contributed by atoms with Gasteiger partial charge in [-0.2, -0.15) is 4.98 Å². The minimum Gasteiger partial charge on any atom is -0.468 e. The van der Waals surface area contributed by atoms with Gasteiger partial charge in [0, 0.05) is 30.1 Å². The number of benzene rings is 2. The van der Waals surface area contributed by atoms with Gasteiger partial charge in [-0.25, -0.2) is 14.8 Å². The Morgan fingerprint density at radius 3 is 2.55 bits per heavy atom. The Morgan fingerprint density at radius 2 is 1.80 bits per heavy atom. The molecule has 44 heavy (non-hydrogen) atoms. The van der Waals surface area contributed by atoms with Crippen LogP contribution in [0.25, 0.3) is 33.3 Å². The Balaban J connectivity index is 1.58. The van der Waals surface area contributed by atoms with Crippen molar-refractivity contribution < 1.29 is 9.53 Å². The third-order valence-electron chi connectivity index (χ3n) is 7.76. The molecule has 1 aliphatic rings. The third-order valence-corrected chi connectivity index (χ3v) is 7.76. The lowest BCUT2D eigenvalue weighted by atomic mass is 10.1. The number of carbonyl (C=O) groups excluding carboxylic acids is 1. The van der Waals surface area contributed by atoms with E-state index in [0.717, 1.165) is 28.4 Å². The molecule has 1 unspecified atom stereocenters. The maximum atomic E-state index is 14.2. The van der Waals surface area contributed by atoms with Crippen LogP contribution in [0.1, 0.15) is 25.6 Å². The van der Waals surface area contributed by atoms with Gasteiger partial charge in [-0.3, -0.25) is 23.3 Å². The molecule has 4 heterocycles. The molecule has 1 fully saturated rings. The first kappa shape index (κ1) is 28.8. The summed E-state index contributed by atoms with van der Waals surface area (Å²) >= 11 is 0. The van der Waals surface area contributed by atoms with Crippen LogP contribution in [0.15, 0.2) is 64.2 Å². The summed E-state index contributed by atoms with van der Waals surface area (Å²) in [7, 11) is 1.24. The minimum absolute atomic E-state index is 0.0629. The number of esters is 1. The van der Waals surface area contributed by atoms with Crippen LogP contribution in [0, 0.1) is 11.8 Å². The van der Waals surface area contributed by atoms with Gasteiger partial charge in [-0.1, -0.05) is 54.5 Å². The molecule has 1 atom stereocenters. The summed E-state index contributed by atoms with van der Waals surface area (Å²) in [5.74, 6) is 5.99. The predicted octanol–water partition coefficient (Wildman–Crippen LogP) is 2.14. The van der Waals surface area contributed by atoms with Gasteiger partial charge in [-0.05, 0) is 25.8 Å². The number of para-hydroxylation sites is 1. The molecule has 3 aromatic heterocycles. The molecular formula is C32H32N8O4. The maximum Gasteiger partial charge on any atom is 0.333 e. The number of nitrogens with two attached hydrogens (primary N) is 1. The topological polar surface area (TPSA) is 143 Å². The van der Waals surface area contributed by atoms with Crippen molar-refractivity contribution in [2.24, 2.45) is 5.73 Å². The Kier molecular flexibility index (Phi) is 7.95. The van der Waals surface area contributed by atoms with Gasteiger partial charge in [0.25, 0.3) is 5.56 Å². The number of aromatic nitrogens is 6. The van der Waals surface area contributed by atoms with E-state index in [1.807, 2.05) is 59.5 Å². The molecular weight excluding hydrogens is 560 g/mol. The molecule has 12 nitrogen and oxygen atoms in total. The highest BCUT2D eigenvalue weighted by Gasteiger charge is 2.28. The highest BCUT2D eigenvalue weighted by molar-refractivity contribution is 5.92. The molecule has 224 valence electrons. The summed E-state index contributed by atoms with van der Waals surface area (Å²) in [6, 6.07) is 17.2. The molecule has 1 aliphatic heterocycles. The largest absolute Gasteiger partial charge is 0.468 e. The van der Waals surface area contributed by atoms with Crippen LogP contribution >= 0.6 is 0 Å². The van der Waals surface area contributed by atoms with Crippen LogP contribution in [0.5, 0.6) is 0 Å². The third kappa shape index (κ3) is 5.33. The van der Waals surface area contributed by atoms with Crippen molar-refractivity contribution in [2.45, 2.75) is 45.4 Å². The Bertz CT molecular complexity index is 2050. The average molecular weight is 593 g/mol. The van der Waals surface area contributed by atoms with E-state index in [2.05, 4.69) is 11.8 Å². The van der Waals surface area contributed by atoms with Gasteiger partial charge in [0.15, 0.2) is 11.2 Å². The second-order valence-corrected chi connectivity index (χ2v) is 10.7. The van der Waals surface area contributed by atoms with E-state index in [1.165, 1.54) is 11.7 Å². The number of imidazole rings is 1. The molecule has 0 radical (unpaired) electrons. The first-order valence-corrected chi connectivity index (χ1v) is 14.4. The van der Waals surface area contributed by atoms with E-state index in [-0.39, 0.29) is 36.1 Å². The lowest BCUT2D eigenvalue weighted by molar-refractivity contribution is -0.141. The molecule has 12 heteroatoms. The van der Waals surface area contributed by atoms with Crippen molar-refractivity contribution in [1.29, 1.82) is 0 Å². The number of rotatable bonds is 7. The van der Waals surface area contributed by atoms with E-state index >= 15 is 0 Å². The summed E-state index contributed by atoms with van der Waals surface area (Å²) in [5.41, 5.74) is 7.43. The zero-order valence-corrected chi connectivity index (χ0v) is 24.6. The van der Waals surface area contributed by atoms with Crippen LogP contribution < -0.4 is 21.9 Å². The summed E-state index contributed by atoms with van der Waals surface area (Å²) in [6.07, 6.45) is 1.73. The molecule has 5 aromatic rings. The fraction of sp³-hybridized carbons (Fsp3) is 0.312. The smallest absolute Gasteiger partial charge is 0.333 e. The van der Waals surface area contributed by atoms with E-state index in [1.54, 1.807) is 11.5 Å². The molecule has 1 saturated heterocycles. The lowest BCUT2D eigenvalue weighted by Gasteiger charge is -2.31. The quantitative estimate of drug-likeness (QED) is 0.222. The molecule has 0 saturated carbocycles. The highest BCUT2D eigenvalue weighted by atomic mass is 16.5. The van der Waals surface area contributed by atoms with Crippen molar-refractivity contribution in [2.75, 3.05) is 25.1 Å². The summed E-state index contributed by atoms with van der Waals surface area (Å²) < 4.78 is 8.82. The Morgan fingerprint density at radius 1 is 1.02 bits per heavy atom. The van der Waals surface area contributed by atoms with E-state index < -0.39 is 23.8 Å². The number of ether oxygens (including phenoxy) is 1. The molecule has 6 rings (SSSR count). The standard InChI is InChI=1S/C32H32N8O4/c1-3-4-17-38-28-29(36-31(38)37-16-10-13-22(33)18-37)39(20-26(41)44-2)32(43)40(30(28)42)19-25-34-24-15-9-8-14-23(24)27(35-25)21-11-6-5-7-12-21/h5-9,11-12,14-15,22H,10,13,16-20,33H2,1-2H3. The number of hydrogen-bond donors (Lipinski definition) is 1. The number of hydrogen-bond acceptors (Lipinski definition) is 9. The molecule has 0 spiro atoms. The molecule has 0 aliphatic carbocycles. The number of anilines is 1. The van der Waals surface area contributed by atoms with Crippen LogP contribution in [-0.2, 0) is 29.2 Å². The number of methoxy groups -OCH3 is 1. The predicted molar refractivity (Wildman–Crippen MR) is 167 cm³/mol. The molecule has 2 aromatic carbocycles. The van der Waals surface area contributed by atoms with Crippen molar-refractivity contribution >= 4 is 34.0 Å². The minimum atomic E-state index is -0.723. The summed E-state index contributed by atoms with van der Waals surface area (Å²) in [5, 5.41) is 0.842. The first-order chi connectivity index (χ1) is 21.4. The fourth-order valence-corrected chi connectivity index (χ4v) is 5.65. The van der Waals surface area contributed by atoms with Gasteiger partial charge in [-0.15, -0.1) is 5.92 Å². The number of fused-ring (bicyclic) bond motifs is 2. The van der Waals surface area contributed by atoms with E-state index in [0.29, 0.717) is 30.2 Å². The number of piperidine rings is 1. The maximum absolute atomic E-state index is 14.2. The zero-order valence-electron chi connectivity index (χ0n) is 24.6. The van der Waals surface area contributed by atoms with Crippen molar-refractivity contribution in [3.8, 4) is 23.1 Å². The van der Waals surface area contributed by atoms with Crippen LogP contribution in [0.3, 0.4) is 0 Å². The summed E-state index contributed by atoms with van der Waals surface area (Å²) in [6.45, 7) is 2.42. The number of carbonyl (C=O) groups is 1. The van der Waals surface area contributed by atoms with Crippen molar-refractivity contribution in [1.82, 2.24) is 28.7 Å². The van der Waals surface area contributed by atoms with Crippen LogP contribution in [0.2, 0.25) is 0 Å². The average Bonchev–Trinajstić information content (AvgIpc) is 3.43.